The minimum Gasteiger partial charge on any atom is -0.291 e. The lowest BCUT2D eigenvalue weighted by Gasteiger charge is -1.99. The largest absolute Gasteiger partial charge is 0.291 e. The Morgan fingerprint density at radius 3 is 3.13 bits per heavy atom. The lowest BCUT2D eigenvalue weighted by molar-refractivity contribution is 1.06. The molecule has 0 aromatic carbocycles. The van der Waals surface area contributed by atoms with Crippen LogP contribution in [-0.2, 0) is 6.42 Å². The van der Waals surface area contributed by atoms with E-state index in [1.54, 1.807) is 23.2 Å². The van der Waals surface area contributed by atoms with Gasteiger partial charge in [0.25, 0.3) is 0 Å². The summed E-state index contributed by atoms with van der Waals surface area (Å²) >= 11 is 0. The van der Waals surface area contributed by atoms with Crippen molar-refractivity contribution < 1.29 is 0 Å². The average molecular weight is 200 g/mol. The minimum atomic E-state index is 0.296. The monoisotopic (exact) mass is 200 g/mol. The van der Waals surface area contributed by atoms with E-state index in [0.29, 0.717) is 17.9 Å². The van der Waals surface area contributed by atoms with Crippen molar-refractivity contribution in [3.05, 3.63) is 37.5 Å². The fourth-order valence-corrected chi connectivity index (χ4v) is 0.984. The third-order valence-electron chi connectivity index (χ3n) is 1.80. The van der Waals surface area contributed by atoms with Gasteiger partial charge in [0.1, 0.15) is 12.1 Å². The standard InChI is InChI=1S/C11H12N4/c1-4-9(2)14-10(3)15-7-11(5-6-12)13-8-15/h4,7-8H,1,3,5H2,2H3/b14-9-. The number of aromatic nitrogens is 2. The van der Waals surface area contributed by atoms with Crippen molar-refractivity contribution in [2.24, 2.45) is 4.99 Å². The number of allylic oxidation sites excluding steroid dienone is 1. The van der Waals surface area contributed by atoms with Crippen molar-refractivity contribution in [1.29, 1.82) is 5.26 Å². The molecule has 76 valence electrons. The topological polar surface area (TPSA) is 54.0 Å². The molecule has 1 aromatic heterocycles. The lowest BCUT2D eigenvalue weighted by atomic mass is 10.4. The zero-order valence-electron chi connectivity index (χ0n) is 8.64. The first-order valence-corrected chi connectivity index (χ1v) is 4.44. The smallest absolute Gasteiger partial charge is 0.130 e. The van der Waals surface area contributed by atoms with Crippen LogP contribution in [-0.4, -0.2) is 15.3 Å². The van der Waals surface area contributed by atoms with Crippen molar-refractivity contribution in [2.45, 2.75) is 13.3 Å². The maximum Gasteiger partial charge on any atom is 0.130 e. The molecule has 0 fully saturated rings. The van der Waals surface area contributed by atoms with E-state index in [1.165, 1.54) is 0 Å². The molecular weight excluding hydrogens is 188 g/mol. The van der Waals surface area contributed by atoms with Crippen LogP contribution in [0.25, 0.3) is 5.82 Å². The first-order valence-electron chi connectivity index (χ1n) is 4.44. The molecule has 0 aliphatic rings. The molecular formula is C11H12N4. The number of nitriles is 1. The highest BCUT2D eigenvalue weighted by Crippen LogP contribution is 2.06. The molecule has 1 aromatic rings. The lowest BCUT2D eigenvalue weighted by Crippen LogP contribution is -1.92. The van der Waals surface area contributed by atoms with Gasteiger partial charge in [-0.25, -0.2) is 9.98 Å². The molecule has 1 rings (SSSR count). The van der Waals surface area contributed by atoms with E-state index in [4.69, 9.17) is 5.26 Å². The molecule has 15 heavy (non-hydrogen) atoms. The van der Waals surface area contributed by atoms with Crippen molar-refractivity contribution >= 4 is 11.5 Å². The van der Waals surface area contributed by atoms with Crippen LogP contribution in [0.15, 0.2) is 36.8 Å². The highest BCUT2D eigenvalue weighted by atomic mass is 15.1. The molecule has 1 heterocycles. The summed E-state index contributed by atoms with van der Waals surface area (Å²) in [4.78, 5) is 8.23. The first kappa shape index (κ1) is 10.9. The predicted octanol–water partition coefficient (Wildman–Crippen LogP) is 2.02. The van der Waals surface area contributed by atoms with E-state index < -0.39 is 0 Å². The van der Waals surface area contributed by atoms with Crippen LogP contribution in [0, 0.1) is 11.3 Å². The quantitative estimate of drug-likeness (QED) is 0.698. The summed E-state index contributed by atoms with van der Waals surface area (Å²) < 4.78 is 1.68. The van der Waals surface area contributed by atoms with Crippen LogP contribution >= 0.6 is 0 Å². The fourth-order valence-electron chi connectivity index (χ4n) is 0.984. The van der Waals surface area contributed by atoms with Gasteiger partial charge in [-0.15, -0.1) is 0 Å². The van der Waals surface area contributed by atoms with Gasteiger partial charge in [-0.3, -0.25) is 4.57 Å². The first-order chi connectivity index (χ1) is 7.17. The summed E-state index contributed by atoms with van der Waals surface area (Å²) in [5, 5.41) is 8.49. The Labute approximate surface area is 88.9 Å². The second-order valence-corrected chi connectivity index (χ2v) is 2.98. The second-order valence-electron chi connectivity index (χ2n) is 2.98. The Morgan fingerprint density at radius 1 is 1.80 bits per heavy atom. The van der Waals surface area contributed by atoms with E-state index >= 15 is 0 Å². The normalized spacial score (nSPS) is 10.8. The Balaban J connectivity index is 2.84. The Morgan fingerprint density at radius 2 is 2.53 bits per heavy atom. The molecule has 0 saturated heterocycles. The molecule has 0 amide bonds. The number of hydrogen-bond donors (Lipinski definition) is 0. The molecule has 0 N–H and O–H groups in total. The van der Waals surface area contributed by atoms with Gasteiger partial charge in [-0.1, -0.05) is 13.2 Å². The van der Waals surface area contributed by atoms with Gasteiger partial charge >= 0.3 is 0 Å². The van der Waals surface area contributed by atoms with Gasteiger partial charge in [0.15, 0.2) is 0 Å². The van der Waals surface area contributed by atoms with E-state index in [0.717, 1.165) is 5.71 Å². The Bertz CT molecular complexity index is 445. The fraction of sp³-hybridized carbons (Fsp3) is 0.182. The minimum absolute atomic E-state index is 0.296. The predicted molar refractivity (Wildman–Crippen MR) is 60.2 cm³/mol. The van der Waals surface area contributed by atoms with Crippen LogP contribution in [0.1, 0.15) is 12.6 Å². The summed E-state index contributed by atoms with van der Waals surface area (Å²) in [5.41, 5.74) is 1.50. The zero-order valence-corrected chi connectivity index (χ0v) is 8.64. The van der Waals surface area contributed by atoms with Gasteiger partial charge in [-0.05, 0) is 13.0 Å². The number of imidazole rings is 1. The van der Waals surface area contributed by atoms with Crippen LogP contribution < -0.4 is 0 Å². The third kappa shape index (κ3) is 2.92. The molecule has 0 spiro atoms. The number of hydrogen-bond acceptors (Lipinski definition) is 3. The summed E-state index contributed by atoms with van der Waals surface area (Å²) in [7, 11) is 0. The third-order valence-corrected chi connectivity index (χ3v) is 1.80. The van der Waals surface area contributed by atoms with Gasteiger partial charge in [0.2, 0.25) is 0 Å². The highest BCUT2D eigenvalue weighted by molar-refractivity contribution is 5.94. The molecule has 4 heteroatoms. The Hall–Kier alpha value is -2.15. The molecule has 0 aliphatic heterocycles. The van der Waals surface area contributed by atoms with E-state index in [1.807, 2.05) is 13.0 Å². The van der Waals surface area contributed by atoms with Crippen molar-refractivity contribution in [3.8, 4) is 6.07 Å². The molecule has 4 nitrogen and oxygen atoms in total. The second kappa shape index (κ2) is 4.91. The SMILES string of the molecule is C=C/C(C)=N\C(=C)n1cnc(CC#N)c1. The van der Waals surface area contributed by atoms with E-state index in [2.05, 4.69) is 23.1 Å². The van der Waals surface area contributed by atoms with E-state index in [9.17, 15) is 0 Å². The summed E-state index contributed by atoms with van der Waals surface area (Å²) in [6.07, 6.45) is 5.28. The van der Waals surface area contributed by atoms with Gasteiger partial charge < -0.3 is 0 Å². The van der Waals surface area contributed by atoms with Gasteiger partial charge in [0, 0.05) is 11.9 Å². The molecule has 0 atom stereocenters. The molecule has 0 bridgehead atoms. The number of aliphatic imine (C=N–C) groups is 1. The van der Waals surface area contributed by atoms with Crippen molar-refractivity contribution in [2.75, 3.05) is 0 Å². The van der Waals surface area contributed by atoms with Gasteiger partial charge in [0.05, 0.1) is 18.2 Å². The summed E-state index contributed by atoms with van der Waals surface area (Å²) in [6.45, 7) is 9.23. The maximum atomic E-state index is 8.49. The zero-order chi connectivity index (χ0) is 11.3. The average Bonchev–Trinajstić information content (AvgIpc) is 2.67. The summed E-state index contributed by atoms with van der Waals surface area (Å²) in [6, 6.07) is 2.03. The van der Waals surface area contributed by atoms with E-state index in [-0.39, 0.29) is 0 Å². The van der Waals surface area contributed by atoms with Crippen LogP contribution in [0.4, 0.5) is 0 Å². The molecule has 0 unspecified atom stereocenters. The van der Waals surface area contributed by atoms with Gasteiger partial charge in [-0.2, -0.15) is 5.26 Å². The van der Waals surface area contributed by atoms with Crippen LogP contribution in [0.3, 0.4) is 0 Å². The number of rotatable bonds is 4. The molecule has 0 radical (unpaired) electrons. The molecule has 0 saturated carbocycles. The number of nitrogens with zero attached hydrogens (tertiary/aromatic N) is 4. The summed E-state index contributed by atoms with van der Waals surface area (Å²) in [5.74, 6) is 0.559. The maximum absolute atomic E-state index is 8.49. The van der Waals surface area contributed by atoms with Crippen LogP contribution in [0.5, 0.6) is 0 Å². The van der Waals surface area contributed by atoms with Crippen LogP contribution in [0.2, 0.25) is 0 Å². The Kier molecular flexibility index (Phi) is 3.58. The highest BCUT2D eigenvalue weighted by Gasteiger charge is 1.99. The molecule has 0 aliphatic carbocycles. The van der Waals surface area contributed by atoms with Crippen molar-refractivity contribution in [3.63, 3.8) is 0 Å². The van der Waals surface area contributed by atoms with Crippen molar-refractivity contribution in [1.82, 2.24) is 9.55 Å².